The Labute approximate surface area is 148 Å². The molecule has 1 fully saturated rings. The van der Waals surface area contributed by atoms with E-state index in [1.807, 2.05) is 35.8 Å². The van der Waals surface area contributed by atoms with Crippen molar-refractivity contribution in [1.82, 2.24) is 14.8 Å². The highest BCUT2D eigenvalue weighted by Crippen LogP contribution is 2.21. The van der Waals surface area contributed by atoms with E-state index in [9.17, 15) is 9.59 Å². The number of likely N-dealkylation sites (tertiary alicyclic amines) is 1. The molecule has 0 aromatic carbocycles. The summed E-state index contributed by atoms with van der Waals surface area (Å²) in [5.41, 5.74) is 1.19. The summed E-state index contributed by atoms with van der Waals surface area (Å²) in [6.45, 7) is 6.96. The normalized spacial score (nSPS) is 15.3. The van der Waals surface area contributed by atoms with Gasteiger partial charge >= 0.3 is 0 Å². The minimum absolute atomic E-state index is 0.0819. The van der Waals surface area contributed by atoms with Crippen LogP contribution < -0.4 is 0 Å². The van der Waals surface area contributed by atoms with Crippen molar-refractivity contribution in [2.45, 2.75) is 32.4 Å². The molecule has 0 unspecified atom stereocenters. The second kappa shape index (κ2) is 9.67. The number of aromatic nitrogens is 1. The molecule has 1 aliphatic rings. The summed E-state index contributed by atoms with van der Waals surface area (Å²) in [6.07, 6.45) is 5.12. The van der Waals surface area contributed by atoms with Crippen LogP contribution in [0.1, 0.15) is 32.3 Å². The molecule has 132 valence electrons. The van der Waals surface area contributed by atoms with Gasteiger partial charge in [0.15, 0.2) is 0 Å². The molecule has 0 atom stereocenters. The highest BCUT2D eigenvalue weighted by molar-refractivity contribution is 7.99. The smallest absolute Gasteiger partial charge is 0.232 e. The third-order valence-electron chi connectivity index (χ3n) is 4.52. The van der Waals surface area contributed by atoms with Crippen LogP contribution >= 0.6 is 11.8 Å². The highest BCUT2D eigenvalue weighted by Gasteiger charge is 2.29. The zero-order chi connectivity index (χ0) is 17.4. The molecule has 0 bridgehead atoms. The summed E-state index contributed by atoms with van der Waals surface area (Å²) in [7, 11) is 0. The Kier molecular flexibility index (Phi) is 7.56. The summed E-state index contributed by atoms with van der Waals surface area (Å²) in [6, 6.07) is 3.95. The van der Waals surface area contributed by atoms with E-state index in [2.05, 4.69) is 4.98 Å². The molecule has 6 heteroatoms. The first-order valence-electron chi connectivity index (χ1n) is 8.68. The van der Waals surface area contributed by atoms with Crippen molar-refractivity contribution in [2.24, 2.45) is 5.92 Å². The molecule has 24 heavy (non-hydrogen) atoms. The zero-order valence-corrected chi connectivity index (χ0v) is 15.4. The molecule has 0 aliphatic carbocycles. The van der Waals surface area contributed by atoms with Crippen molar-refractivity contribution < 1.29 is 9.59 Å². The molecule has 0 spiro atoms. The van der Waals surface area contributed by atoms with Gasteiger partial charge in [-0.25, -0.2) is 0 Å². The Morgan fingerprint density at radius 3 is 2.42 bits per heavy atom. The lowest BCUT2D eigenvalue weighted by molar-refractivity contribution is -0.139. The molecule has 2 amide bonds. The number of amides is 2. The predicted molar refractivity (Wildman–Crippen MR) is 97.6 cm³/mol. The minimum atomic E-state index is 0.0819. The summed E-state index contributed by atoms with van der Waals surface area (Å²) in [5, 5.41) is 0. The third-order valence-corrected chi connectivity index (χ3v) is 5.50. The maximum absolute atomic E-state index is 12.4. The van der Waals surface area contributed by atoms with Gasteiger partial charge < -0.3 is 9.80 Å². The van der Waals surface area contributed by atoms with E-state index in [-0.39, 0.29) is 17.7 Å². The van der Waals surface area contributed by atoms with Gasteiger partial charge in [-0.15, -0.1) is 11.8 Å². The first kappa shape index (κ1) is 18.8. The second-order valence-corrected chi connectivity index (χ2v) is 7.00. The molecule has 0 N–H and O–H groups in total. The van der Waals surface area contributed by atoms with Gasteiger partial charge in [0.2, 0.25) is 11.8 Å². The van der Waals surface area contributed by atoms with Gasteiger partial charge in [0.25, 0.3) is 0 Å². The van der Waals surface area contributed by atoms with Crippen LogP contribution in [0.4, 0.5) is 0 Å². The minimum Gasteiger partial charge on any atom is -0.343 e. The lowest BCUT2D eigenvalue weighted by atomic mass is 9.95. The lowest BCUT2D eigenvalue weighted by Crippen LogP contribution is -2.44. The third kappa shape index (κ3) is 5.23. The van der Waals surface area contributed by atoms with E-state index < -0.39 is 0 Å². The fraction of sp³-hybridized carbons (Fsp3) is 0.611. The quantitative estimate of drug-likeness (QED) is 0.759. The van der Waals surface area contributed by atoms with Gasteiger partial charge in [0, 0.05) is 50.2 Å². The van der Waals surface area contributed by atoms with Crippen molar-refractivity contribution in [2.75, 3.05) is 31.9 Å². The molecular formula is C18H27N3O2S. The fourth-order valence-corrected chi connectivity index (χ4v) is 3.88. The molecule has 5 nitrogen and oxygen atoms in total. The number of rotatable bonds is 7. The maximum atomic E-state index is 12.4. The number of thioether (sulfide) groups is 1. The molecule has 0 radical (unpaired) electrons. The van der Waals surface area contributed by atoms with Crippen molar-refractivity contribution in [1.29, 1.82) is 0 Å². The molecule has 0 saturated carbocycles. The van der Waals surface area contributed by atoms with E-state index in [1.54, 1.807) is 24.2 Å². The molecular weight excluding hydrogens is 322 g/mol. The Hall–Kier alpha value is -1.56. The van der Waals surface area contributed by atoms with Crippen molar-refractivity contribution in [3.8, 4) is 0 Å². The molecule has 1 aliphatic heterocycles. The van der Waals surface area contributed by atoms with Crippen LogP contribution in [0, 0.1) is 5.92 Å². The average Bonchev–Trinajstić information content (AvgIpc) is 2.63. The standard InChI is InChI=1S/C18H27N3O2S/c1-3-20(4-2)18(23)16-7-11-21(12-8-16)17(22)14-24-13-15-5-9-19-10-6-15/h5-6,9-10,16H,3-4,7-8,11-14H2,1-2H3. The fourth-order valence-electron chi connectivity index (χ4n) is 3.00. The molecule has 1 aromatic heterocycles. The van der Waals surface area contributed by atoms with Crippen LogP contribution in [0.3, 0.4) is 0 Å². The predicted octanol–water partition coefficient (Wildman–Crippen LogP) is 2.42. The Morgan fingerprint density at radius 2 is 1.83 bits per heavy atom. The number of piperidine rings is 1. The van der Waals surface area contributed by atoms with Crippen LogP contribution in [0.15, 0.2) is 24.5 Å². The van der Waals surface area contributed by atoms with E-state index in [0.29, 0.717) is 18.8 Å². The summed E-state index contributed by atoms with van der Waals surface area (Å²) >= 11 is 1.63. The van der Waals surface area contributed by atoms with Crippen LogP contribution in [-0.2, 0) is 15.3 Å². The Balaban J connectivity index is 1.71. The van der Waals surface area contributed by atoms with E-state index in [1.165, 1.54) is 5.56 Å². The Morgan fingerprint density at radius 1 is 1.21 bits per heavy atom. The van der Waals surface area contributed by atoms with Gasteiger partial charge in [-0.2, -0.15) is 0 Å². The van der Waals surface area contributed by atoms with E-state index in [4.69, 9.17) is 0 Å². The van der Waals surface area contributed by atoms with Gasteiger partial charge in [-0.1, -0.05) is 0 Å². The largest absolute Gasteiger partial charge is 0.343 e. The summed E-state index contributed by atoms with van der Waals surface area (Å²) in [5.74, 6) is 1.84. The van der Waals surface area contributed by atoms with Crippen molar-refractivity contribution in [3.05, 3.63) is 30.1 Å². The summed E-state index contributed by atoms with van der Waals surface area (Å²) in [4.78, 5) is 32.5. The zero-order valence-electron chi connectivity index (χ0n) is 14.6. The van der Waals surface area contributed by atoms with Gasteiger partial charge in [0.1, 0.15) is 0 Å². The first-order valence-corrected chi connectivity index (χ1v) is 9.84. The highest BCUT2D eigenvalue weighted by atomic mass is 32.2. The van der Waals surface area contributed by atoms with Crippen molar-refractivity contribution >= 4 is 23.6 Å². The van der Waals surface area contributed by atoms with Crippen LogP contribution in [0.2, 0.25) is 0 Å². The van der Waals surface area contributed by atoms with Gasteiger partial charge in [-0.3, -0.25) is 14.6 Å². The van der Waals surface area contributed by atoms with Crippen molar-refractivity contribution in [3.63, 3.8) is 0 Å². The topological polar surface area (TPSA) is 53.5 Å². The number of pyridine rings is 1. The van der Waals surface area contributed by atoms with Crippen LogP contribution in [-0.4, -0.2) is 58.5 Å². The van der Waals surface area contributed by atoms with Crippen LogP contribution in [0.25, 0.3) is 0 Å². The molecule has 1 aromatic rings. The second-order valence-electron chi connectivity index (χ2n) is 6.01. The molecule has 1 saturated heterocycles. The summed E-state index contributed by atoms with van der Waals surface area (Å²) < 4.78 is 0. The van der Waals surface area contributed by atoms with E-state index >= 15 is 0 Å². The molecule has 2 rings (SSSR count). The number of nitrogens with zero attached hydrogens (tertiary/aromatic N) is 3. The Bertz CT molecular complexity index is 526. The average molecular weight is 350 g/mol. The van der Waals surface area contributed by atoms with Gasteiger partial charge in [0.05, 0.1) is 5.75 Å². The van der Waals surface area contributed by atoms with E-state index in [0.717, 1.165) is 31.7 Å². The lowest BCUT2D eigenvalue weighted by Gasteiger charge is -2.33. The number of carbonyl (C=O) groups is 2. The SMILES string of the molecule is CCN(CC)C(=O)C1CCN(C(=O)CSCc2ccncc2)CC1. The van der Waals surface area contributed by atoms with Gasteiger partial charge in [-0.05, 0) is 44.4 Å². The first-order chi connectivity index (χ1) is 11.7. The number of hydrogen-bond donors (Lipinski definition) is 0. The number of hydrogen-bond acceptors (Lipinski definition) is 4. The maximum Gasteiger partial charge on any atom is 0.232 e. The van der Waals surface area contributed by atoms with Crippen LogP contribution in [0.5, 0.6) is 0 Å². The monoisotopic (exact) mass is 349 g/mol. The number of carbonyl (C=O) groups excluding carboxylic acids is 2. The molecule has 2 heterocycles.